The van der Waals surface area contributed by atoms with Crippen LogP contribution in [0.4, 0.5) is 0 Å². The minimum Gasteiger partial charge on any atom is -0.513 e. The Kier molecular flexibility index (Phi) is 2.55. The van der Waals surface area contributed by atoms with Crippen LogP contribution in [0.3, 0.4) is 0 Å². The number of hydrogen-bond acceptors (Lipinski definition) is 2. The molecule has 2 nitrogen and oxygen atoms in total. The zero-order valence-corrected chi connectivity index (χ0v) is 7.42. The Morgan fingerprint density at radius 1 is 1.55 bits per heavy atom. The van der Waals surface area contributed by atoms with Crippen LogP contribution in [0.15, 0.2) is 11.3 Å². The first-order valence-electron chi connectivity index (χ1n) is 4.15. The van der Waals surface area contributed by atoms with Crippen molar-refractivity contribution in [2.75, 3.05) is 0 Å². The first kappa shape index (κ1) is 8.60. The number of allylic oxidation sites excluding steroid dienone is 1. The summed E-state index contributed by atoms with van der Waals surface area (Å²) in [6.07, 6.45) is 2.44. The van der Waals surface area contributed by atoms with Gasteiger partial charge in [0.1, 0.15) is 0 Å². The van der Waals surface area contributed by atoms with E-state index in [2.05, 4.69) is 6.92 Å². The molecular formula is C9H16O2. The first-order valence-corrected chi connectivity index (χ1v) is 4.15. The molecule has 1 rings (SSSR count). The van der Waals surface area contributed by atoms with Gasteiger partial charge in [-0.1, -0.05) is 0 Å². The van der Waals surface area contributed by atoms with Gasteiger partial charge in [0.25, 0.3) is 0 Å². The van der Waals surface area contributed by atoms with Gasteiger partial charge < -0.3 is 9.84 Å². The van der Waals surface area contributed by atoms with E-state index < -0.39 is 0 Å². The molecule has 1 saturated heterocycles. The van der Waals surface area contributed by atoms with Gasteiger partial charge in [0, 0.05) is 0 Å². The third-order valence-electron chi connectivity index (χ3n) is 2.21. The highest BCUT2D eigenvalue weighted by Crippen LogP contribution is 2.25. The molecule has 0 aromatic heterocycles. The average Bonchev–Trinajstić information content (AvgIpc) is 1.85. The fourth-order valence-corrected chi connectivity index (χ4v) is 1.54. The molecule has 1 N–H and O–H groups in total. The minimum absolute atomic E-state index is 0.101. The van der Waals surface area contributed by atoms with E-state index in [0.29, 0.717) is 11.9 Å². The summed E-state index contributed by atoms with van der Waals surface area (Å²) in [7, 11) is 0. The predicted octanol–water partition coefficient (Wildman–Crippen LogP) is 2.41. The number of aliphatic hydroxyl groups is 1. The van der Waals surface area contributed by atoms with Gasteiger partial charge >= 0.3 is 0 Å². The molecule has 0 aliphatic carbocycles. The van der Waals surface area contributed by atoms with Gasteiger partial charge in [-0.3, -0.25) is 0 Å². The molecule has 0 bridgehead atoms. The van der Waals surface area contributed by atoms with Gasteiger partial charge in [-0.15, -0.1) is 0 Å². The van der Waals surface area contributed by atoms with Crippen LogP contribution in [0.25, 0.3) is 0 Å². The number of aliphatic hydroxyl groups excluding tert-OH is 1. The summed E-state index contributed by atoms with van der Waals surface area (Å²) >= 11 is 0. The highest BCUT2D eigenvalue weighted by Gasteiger charge is 2.21. The molecule has 0 spiro atoms. The Hall–Kier alpha value is -0.500. The largest absolute Gasteiger partial charge is 0.513 e. The molecule has 0 amide bonds. The van der Waals surface area contributed by atoms with Crippen LogP contribution in [-0.4, -0.2) is 17.3 Å². The van der Waals surface area contributed by atoms with Crippen LogP contribution in [-0.2, 0) is 4.74 Å². The maximum absolute atomic E-state index is 9.23. The van der Waals surface area contributed by atoms with Crippen LogP contribution < -0.4 is 0 Å². The molecular weight excluding hydrogens is 140 g/mol. The van der Waals surface area contributed by atoms with Gasteiger partial charge in [-0.2, -0.15) is 0 Å². The number of ether oxygens (including phenoxy) is 1. The Morgan fingerprint density at radius 2 is 2.18 bits per heavy atom. The molecule has 2 heteroatoms. The standard InChI is InChI=1S/C9H16O2/c1-6-4-5-9(7(2)10)8(3)11-6/h6,8,10H,4-5H2,1-3H3/b9-7+/t6-,8+/m1/s1. The minimum atomic E-state index is 0.101. The topological polar surface area (TPSA) is 29.5 Å². The predicted molar refractivity (Wildman–Crippen MR) is 44.6 cm³/mol. The fourth-order valence-electron chi connectivity index (χ4n) is 1.54. The highest BCUT2D eigenvalue weighted by molar-refractivity contribution is 5.12. The SMILES string of the molecule is C/C(O)=C1/CC[C@@H](C)O[C@H]1C. The lowest BCUT2D eigenvalue weighted by Gasteiger charge is -2.28. The average molecular weight is 156 g/mol. The smallest absolute Gasteiger partial charge is 0.0909 e. The zero-order chi connectivity index (χ0) is 8.43. The van der Waals surface area contributed by atoms with Crippen molar-refractivity contribution >= 4 is 0 Å². The van der Waals surface area contributed by atoms with Crippen molar-refractivity contribution in [2.24, 2.45) is 0 Å². The van der Waals surface area contributed by atoms with Crippen molar-refractivity contribution in [3.05, 3.63) is 11.3 Å². The summed E-state index contributed by atoms with van der Waals surface area (Å²) in [6.45, 7) is 5.79. The Labute approximate surface area is 67.9 Å². The van der Waals surface area contributed by atoms with E-state index in [0.717, 1.165) is 18.4 Å². The van der Waals surface area contributed by atoms with Crippen molar-refractivity contribution in [3.63, 3.8) is 0 Å². The maximum atomic E-state index is 9.23. The highest BCUT2D eigenvalue weighted by atomic mass is 16.5. The van der Waals surface area contributed by atoms with Crippen molar-refractivity contribution in [1.29, 1.82) is 0 Å². The second-order valence-corrected chi connectivity index (χ2v) is 3.24. The lowest BCUT2D eigenvalue weighted by molar-refractivity contribution is -0.000982. The summed E-state index contributed by atoms with van der Waals surface area (Å²) in [5, 5.41) is 9.23. The molecule has 0 radical (unpaired) electrons. The molecule has 1 aliphatic rings. The van der Waals surface area contributed by atoms with E-state index in [4.69, 9.17) is 4.74 Å². The van der Waals surface area contributed by atoms with Crippen molar-refractivity contribution in [3.8, 4) is 0 Å². The summed E-state index contributed by atoms with van der Waals surface area (Å²) < 4.78 is 5.54. The molecule has 0 aromatic rings. The van der Waals surface area contributed by atoms with Gasteiger partial charge in [0.2, 0.25) is 0 Å². The zero-order valence-electron chi connectivity index (χ0n) is 7.42. The summed E-state index contributed by atoms with van der Waals surface area (Å²) in [5.41, 5.74) is 1.06. The third-order valence-corrected chi connectivity index (χ3v) is 2.21. The Bertz CT molecular complexity index is 168. The van der Waals surface area contributed by atoms with Gasteiger partial charge in [0.05, 0.1) is 18.0 Å². The quantitative estimate of drug-likeness (QED) is 0.546. The maximum Gasteiger partial charge on any atom is 0.0909 e. The second kappa shape index (κ2) is 3.26. The van der Waals surface area contributed by atoms with Gasteiger partial charge in [-0.05, 0) is 39.2 Å². The molecule has 1 fully saturated rings. The van der Waals surface area contributed by atoms with Crippen LogP contribution in [0.1, 0.15) is 33.6 Å². The van der Waals surface area contributed by atoms with Crippen LogP contribution in [0.5, 0.6) is 0 Å². The van der Waals surface area contributed by atoms with E-state index in [1.165, 1.54) is 0 Å². The van der Waals surface area contributed by atoms with Crippen LogP contribution in [0.2, 0.25) is 0 Å². The van der Waals surface area contributed by atoms with E-state index >= 15 is 0 Å². The molecule has 1 aliphatic heterocycles. The second-order valence-electron chi connectivity index (χ2n) is 3.24. The van der Waals surface area contributed by atoms with Crippen molar-refractivity contribution < 1.29 is 9.84 Å². The van der Waals surface area contributed by atoms with E-state index in [-0.39, 0.29) is 6.10 Å². The molecule has 64 valence electrons. The monoisotopic (exact) mass is 156 g/mol. The van der Waals surface area contributed by atoms with E-state index in [9.17, 15) is 5.11 Å². The number of rotatable bonds is 0. The molecule has 11 heavy (non-hydrogen) atoms. The van der Waals surface area contributed by atoms with Crippen molar-refractivity contribution in [2.45, 2.75) is 45.8 Å². The number of hydrogen-bond donors (Lipinski definition) is 1. The van der Waals surface area contributed by atoms with E-state index in [1.54, 1.807) is 6.92 Å². The first-order chi connectivity index (χ1) is 5.11. The molecule has 0 unspecified atom stereocenters. The van der Waals surface area contributed by atoms with Crippen LogP contribution >= 0.6 is 0 Å². The summed E-state index contributed by atoms with van der Waals surface area (Å²) in [4.78, 5) is 0. The lowest BCUT2D eigenvalue weighted by Crippen LogP contribution is -2.25. The van der Waals surface area contributed by atoms with Crippen LogP contribution in [0, 0.1) is 0 Å². The van der Waals surface area contributed by atoms with Gasteiger partial charge in [0.15, 0.2) is 0 Å². The Balaban J connectivity index is 2.65. The van der Waals surface area contributed by atoms with E-state index in [1.807, 2.05) is 6.92 Å². The van der Waals surface area contributed by atoms with Crippen molar-refractivity contribution in [1.82, 2.24) is 0 Å². The fraction of sp³-hybridized carbons (Fsp3) is 0.778. The summed E-state index contributed by atoms with van der Waals surface area (Å²) in [6, 6.07) is 0. The van der Waals surface area contributed by atoms with Gasteiger partial charge in [-0.25, -0.2) is 0 Å². The lowest BCUT2D eigenvalue weighted by atomic mass is 9.98. The third kappa shape index (κ3) is 1.96. The summed E-state index contributed by atoms with van der Waals surface area (Å²) in [5.74, 6) is 0.435. The molecule has 1 heterocycles. The molecule has 0 saturated carbocycles. The normalized spacial score (nSPS) is 37.0. The molecule has 0 aromatic carbocycles. The Morgan fingerprint density at radius 3 is 2.64 bits per heavy atom. The molecule has 2 atom stereocenters.